The number of nitrogens with one attached hydrogen (secondary N) is 1. The van der Waals surface area contributed by atoms with Gasteiger partial charge in [-0.3, -0.25) is 4.79 Å². The lowest BCUT2D eigenvalue weighted by Gasteiger charge is -2.37. The molecule has 1 aromatic heterocycles. The van der Waals surface area contributed by atoms with Crippen LogP contribution < -0.4 is 10.1 Å². The molecule has 0 unspecified atom stereocenters. The van der Waals surface area contributed by atoms with Crippen molar-refractivity contribution in [2.24, 2.45) is 0 Å². The summed E-state index contributed by atoms with van der Waals surface area (Å²) in [6.45, 7) is 7.45. The van der Waals surface area contributed by atoms with Gasteiger partial charge in [0.1, 0.15) is 18.9 Å². The fourth-order valence-electron chi connectivity index (χ4n) is 3.64. The summed E-state index contributed by atoms with van der Waals surface area (Å²) in [5, 5.41) is 5.59. The van der Waals surface area contributed by atoms with Crippen molar-refractivity contribution in [3.8, 4) is 5.75 Å². The van der Waals surface area contributed by atoms with Crippen LogP contribution in [-0.4, -0.2) is 54.0 Å². The first-order valence-corrected chi connectivity index (χ1v) is 11.9. The van der Waals surface area contributed by atoms with Crippen molar-refractivity contribution >= 4 is 34.9 Å². The van der Waals surface area contributed by atoms with Gasteiger partial charge >= 0.3 is 6.03 Å². The van der Waals surface area contributed by atoms with E-state index in [0.717, 1.165) is 18.4 Å². The Kier molecular flexibility index (Phi) is 8.21. The van der Waals surface area contributed by atoms with Crippen LogP contribution in [0, 0.1) is 0 Å². The van der Waals surface area contributed by atoms with Crippen LogP contribution >= 0.6 is 22.9 Å². The van der Waals surface area contributed by atoms with Gasteiger partial charge in [-0.2, -0.15) is 0 Å². The first kappa shape index (κ1) is 23.4. The molecule has 31 heavy (non-hydrogen) atoms. The van der Waals surface area contributed by atoms with Gasteiger partial charge in [0.05, 0.1) is 6.04 Å². The second-order valence-corrected chi connectivity index (χ2v) is 9.31. The highest BCUT2D eigenvalue weighted by Gasteiger charge is 2.34. The zero-order chi connectivity index (χ0) is 22.4. The number of urea groups is 1. The fraction of sp³-hybridized carbons (Fsp3) is 0.478. The number of rotatable bonds is 8. The molecule has 0 spiro atoms. The highest BCUT2D eigenvalue weighted by atomic mass is 35.5. The molecule has 2 aromatic rings. The van der Waals surface area contributed by atoms with Gasteiger partial charge < -0.3 is 19.9 Å². The van der Waals surface area contributed by atoms with E-state index in [2.05, 4.69) is 16.8 Å². The minimum Gasteiger partial charge on any atom is -0.491 e. The summed E-state index contributed by atoms with van der Waals surface area (Å²) in [5.74, 6) is 0.642. The second-order valence-electron chi connectivity index (χ2n) is 7.87. The molecular formula is C23H30ClN3O3S. The van der Waals surface area contributed by atoms with Crippen molar-refractivity contribution in [2.45, 2.75) is 45.7 Å². The predicted molar refractivity (Wildman–Crippen MR) is 125 cm³/mol. The zero-order valence-electron chi connectivity index (χ0n) is 18.3. The fourth-order valence-corrected chi connectivity index (χ4v) is 4.69. The number of fused-ring (bicyclic) bond motifs is 1. The topological polar surface area (TPSA) is 61.9 Å². The molecular weight excluding hydrogens is 434 g/mol. The minimum absolute atomic E-state index is 0.0458. The van der Waals surface area contributed by atoms with E-state index < -0.39 is 0 Å². The molecule has 1 aliphatic heterocycles. The van der Waals surface area contributed by atoms with Crippen molar-refractivity contribution in [3.63, 3.8) is 0 Å². The van der Waals surface area contributed by atoms with Gasteiger partial charge in [0.15, 0.2) is 0 Å². The first-order valence-electron chi connectivity index (χ1n) is 10.7. The maximum atomic E-state index is 13.3. The second kappa shape index (κ2) is 10.9. The van der Waals surface area contributed by atoms with Crippen LogP contribution in [0.2, 0.25) is 5.02 Å². The van der Waals surface area contributed by atoms with E-state index in [1.807, 2.05) is 37.8 Å². The Morgan fingerprint density at radius 2 is 2.03 bits per heavy atom. The molecule has 8 heteroatoms. The number of nitrogens with zero attached hydrogens (tertiary/aromatic N) is 2. The minimum atomic E-state index is -0.201. The number of halogens is 1. The largest absolute Gasteiger partial charge is 0.491 e. The van der Waals surface area contributed by atoms with Crippen LogP contribution in [0.5, 0.6) is 5.75 Å². The Hall–Kier alpha value is -2.25. The molecule has 1 atom stereocenters. The Labute approximate surface area is 193 Å². The summed E-state index contributed by atoms with van der Waals surface area (Å²) in [6, 6.07) is 8.82. The predicted octanol–water partition coefficient (Wildman–Crippen LogP) is 4.74. The van der Waals surface area contributed by atoms with Crippen LogP contribution in [0.15, 0.2) is 35.7 Å². The third-order valence-corrected chi connectivity index (χ3v) is 6.60. The number of hydrogen-bond acceptors (Lipinski definition) is 4. The van der Waals surface area contributed by atoms with E-state index in [-0.39, 0.29) is 30.6 Å². The molecule has 2 heterocycles. The summed E-state index contributed by atoms with van der Waals surface area (Å²) >= 11 is 7.68. The molecule has 0 bridgehead atoms. The quantitative estimate of drug-likeness (QED) is 0.615. The number of carbonyl (C=O) groups is 2. The molecule has 0 saturated carbocycles. The van der Waals surface area contributed by atoms with E-state index >= 15 is 0 Å². The normalized spacial score (nSPS) is 15.5. The third-order valence-electron chi connectivity index (χ3n) is 5.35. The Morgan fingerprint density at radius 1 is 1.29 bits per heavy atom. The van der Waals surface area contributed by atoms with Crippen LogP contribution in [0.4, 0.5) is 4.79 Å². The zero-order valence-corrected chi connectivity index (χ0v) is 19.8. The average Bonchev–Trinajstić information content (AvgIpc) is 3.24. The van der Waals surface area contributed by atoms with Crippen molar-refractivity contribution in [2.75, 3.05) is 26.2 Å². The number of amides is 3. The van der Waals surface area contributed by atoms with Crippen molar-refractivity contribution in [1.82, 2.24) is 15.1 Å². The lowest BCUT2D eigenvalue weighted by molar-refractivity contribution is -0.135. The maximum Gasteiger partial charge on any atom is 0.318 e. The molecule has 0 aliphatic carbocycles. The van der Waals surface area contributed by atoms with Crippen LogP contribution in [0.25, 0.3) is 0 Å². The summed E-state index contributed by atoms with van der Waals surface area (Å²) in [5.41, 5.74) is 1.13. The lowest BCUT2D eigenvalue weighted by Crippen LogP contribution is -2.51. The average molecular weight is 464 g/mol. The smallest absolute Gasteiger partial charge is 0.318 e. The molecule has 6 nitrogen and oxygen atoms in total. The number of hydrogen-bond donors (Lipinski definition) is 1. The molecule has 1 N–H and O–H groups in total. The Balaban J connectivity index is 1.74. The number of ether oxygens (including phenoxy) is 1. The van der Waals surface area contributed by atoms with Crippen molar-refractivity contribution in [1.29, 1.82) is 0 Å². The van der Waals surface area contributed by atoms with E-state index in [9.17, 15) is 9.59 Å². The van der Waals surface area contributed by atoms with Crippen LogP contribution in [0.3, 0.4) is 0 Å². The van der Waals surface area contributed by atoms with Crippen molar-refractivity contribution in [3.05, 3.63) is 51.2 Å². The molecule has 0 radical (unpaired) electrons. The van der Waals surface area contributed by atoms with Gasteiger partial charge in [-0.25, -0.2) is 4.79 Å². The van der Waals surface area contributed by atoms with E-state index in [1.54, 1.807) is 28.4 Å². The van der Waals surface area contributed by atoms with Gasteiger partial charge in [0, 0.05) is 29.0 Å². The lowest BCUT2D eigenvalue weighted by atomic mass is 10.0. The van der Waals surface area contributed by atoms with Gasteiger partial charge in [-0.05, 0) is 68.0 Å². The van der Waals surface area contributed by atoms with E-state index in [1.165, 1.54) is 4.88 Å². The maximum absolute atomic E-state index is 13.3. The van der Waals surface area contributed by atoms with Gasteiger partial charge in [0.2, 0.25) is 5.91 Å². The molecule has 1 aliphatic rings. The van der Waals surface area contributed by atoms with Crippen LogP contribution in [0.1, 0.15) is 43.7 Å². The summed E-state index contributed by atoms with van der Waals surface area (Å²) in [4.78, 5) is 30.6. The monoisotopic (exact) mass is 463 g/mol. The number of carbonyl (C=O) groups excluding carboxylic acids is 2. The highest BCUT2D eigenvalue weighted by Crippen LogP contribution is 2.34. The van der Waals surface area contributed by atoms with Gasteiger partial charge in [-0.1, -0.05) is 18.5 Å². The summed E-state index contributed by atoms with van der Waals surface area (Å²) < 4.78 is 6.02. The molecule has 3 rings (SSSR count). The van der Waals surface area contributed by atoms with E-state index in [0.29, 0.717) is 30.5 Å². The third kappa shape index (κ3) is 5.92. The molecule has 1 aromatic carbocycles. The molecule has 3 amide bonds. The SMILES string of the molecule is CCCNC(=O)N(CC(=O)N1CCc2sccc2[C@H]1COc1ccc(Cl)cc1)C(C)C. The van der Waals surface area contributed by atoms with E-state index in [4.69, 9.17) is 16.3 Å². The van der Waals surface area contributed by atoms with Crippen molar-refractivity contribution < 1.29 is 14.3 Å². The highest BCUT2D eigenvalue weighted by molar-refractivity contribution is 7.10. The Bertz CT molecular complexity index is 884. The first-order chi connectivity index (χ1) is 14.9. The summed E-state index contributed by atoms with van der Waals surface area (Å²) in [7, 11) is 0. The molecule has 0 fully saturated rings. The van der Waals surface area contributed by atoms with Gasteiger partial charge in [0.25, 0.3) is 0 Å². The molecule has 0 saturated heterocycles. The number of thiophene rings is 1. The van der Waals surface area contributed by atoms with Gasteiger partial charge in [-0.15, -0.1) is 11.3 Å². The van der Waals surface area contributed by atoms with Crippen LogP contribution in [-0.2, 0) is 11.2 Å². The summed E-state index contributed by atoms with van der Waals surface area (Å²) in [6.07, 6.45) is 1.67. The standard InChI is InChI=1S/C23H30ClN3O3S/c1-4-11-25-23(29)27(16(2)3)14-22(28)26-12-9-21-19(10-13-31-21)20(26)15-30-18-7-5-17(24)6-8-18/h5-8,10,13,16,20H,4,9,11-12,14-15H2,1-3H3,(H,25,29)/t20-/m1/s1. The Morgan fingerprint density at radius 3 is 2.71 bits per heavy atom. The molecule has 168 valence electrons. The number of benzene rings is 1.